The van der Waals surface area contributed by atoms with E-state index in [1.165, 1.54) is 0 Å². The Kier molecular flexibility index (Phi) is 6.68. The van der Waals surface area contributed by atoms with Crippen LogP contribution in [0.25, 0.3) is 6.08 Å². The van der Waals surface area contributed by atoms with Gasteiger partial charge in [-0.15, -0.1) is 0 Å². The fourth-order valence-electron chi connectivity index (χ4n) is 2.54. The Morgan fingerprint density at radius 3 is 2.07 bits per heavy atom. The molecule has 0 fully saturated rings. The lowest BCUT2D eigenvalue weighted by molar-refractivity contribution is -0.117. The highest BCUT2D eigenvalue weighted by molar-refractivity contribution is 6.05. The Morgan fingerprint density at radius 1 is 0.793 bits per heavy atom. The predicted octanol–water partition coefficient (Wildman–Crippen LogP) is 3.92. The predicted molar refractivity (Wildman–Crippen MR) is 115 cm³/mol. The van der Waals surface area contributed by atoms with Crippen molar-refractivity contribution in [2.24, 2.45) is 5.10 Å². The van der Waals surface area contributed by atoms with Crippen molar-refractivity contribution in [1.82, 2.24) is 10.7 Å². The molecule has 0 bridgehead atoms. The lowest BCUT2D eigenvalue weighted by Gasteiger charge is -2.09. The molecule has 29 heavy (non-hydrogen) atoms. The van der Waals surface area contributed by atoms with Crippen molar-refractivity contribution in [3.63, 3.8) is 0 Å². The summed E-state index contributed by atoms with van der Waals surface area (Å²) in [6, 6.07) is 25.7. The molecular weight excluding hydrogens is 362 g/mol. The number of carbonyl (C=O) groups is 2. The van der Waals surface area contributed by atoms with Gasteiger partial charge in [0.2, 0.25) is 0 Å². The van der Waals surface area contributed by atoms with Crippen LogP contribution < -0.4 is 10.7 Å². The summed E-state index contributed by atoms with van der Waals surface area (Å²) >= 11 is 0. The van der Waals surface area contributed by atoms with Crippen LogP contribution in [0.2, 0.25) is 0 Å². The van der Waals surface area contributed by atoms with E-state index in [2.05, 4.69) is 15.8 Å². The highest BCUT2D eigenvalue weighted by atomic mass is 16.2. The normalized spacial score (nSPS) is 11.3. The largest absolute Gasteiger partial charge is 0.317 e. The maximum absolute atomic E-state index is 12.7. The molecule has 0 aliphatic heterocycles. The zero-order chi connectivity index (χ0) is 20.5. The van der Waals surface area contributed by atoms with Gasteiger partial charge in [0.15, 0.2) is 0 Å². The molecule has 0 saturated heterocycles. The minimum absolute atomic E-state index is 0.103. The highest BCUT2D eigenvalue weighted by Crippen LogP contribution is 2.07. The van der Waals surface area contributed by atoms with Crippen molar-refractivity contribution >= 4 is 24.1 Å². The van der Waals surface area contributed by atoms with Crippen molar-refractivity contribution in [2.45, 2.75) is 6.92 Å². The van der Waals surface area contributed by atoms with Gasteiger partial charge in [-0.05, 0) is 36.3 Å². The Labute approximate surface area is 169 Å². The highest BCUT2D eigenvalue weighted by Gasteiger charge is 2.14. The molecule has 0 heterocycles. The second-order valence-electron chi connectivity index (χ2n) is 6.40. The number of benzene rings is 3. The number of nitrogens with one attached hydrogen (secondary N) is 2. The molecule has 3 aromatic carbocycles. The number of nitrogens with zero attached hydrogens (tertiary/aromatic N) is 1. The second-order valence-corrected chi connectivity index (χ2v) is 6.40. The van der Waals surface area contributed by atoms with Gasteiger partial charge in [-0.2, -0.15) is 5.10 Å². The standard InChI is InChI=1S/C24H21N3O2/c1-18-12-14-20(15-13-18)17-25-27-24(29)22(16-19-8-4-2-5-9-19)26-23(28)21-10-6-3-7-11-21/h2-17H,1H3,(H,26,28)(H,27,29). The maximum Gasteiger partial charge on any atom is 0.287 e. The zero-order valence-corrected chi connectivity index (χ0v) is 16.0. The molecule has 3 aromatic rings. The Hall–Kier alpha value is -3.99. The average molecular weight is 383 g/mol. The van der Waals surface area contributed by atoms with E-state index >= 15 is 0 Å². The molecule has 2 N–H and O–H groups in total. The first-order chi connectivity index (χ1) is 14.1. The topological polar surface area (TPSA) is 70.6 Å². The first kappa shape index (κ1) is 19.8. The van der Waals surface area contributed by atoms with Crippen molar-refractivity contribution in [2.75, 3.05) is 0 Å². The number of hydrogen-bond acceptors (Lipinski definition) is 3. The van der Waals surface area contributed by atoms with Gasteiger partial charge in [0.25, 0.3) is 11.8 Å². The van der Waals surface area contributed by atoms with E-state index in [9.17, 15) is 9.59 Å². The van der Waals surface area contributed by atoms with Crippen molar-refractivity contribution in [3.05, 3.63) is 113 Å². The summed E-state index contributed by atoms with van der Waals surface area (Å²) in [6.45, 7) is 2.00. The maximum atomic E-state index is 12.7. The Morgan fingerprint density at radius 2 is 1.41 bits per heavy atom. The number of hydrogen-bond donors (Lipinski definition) is 2. The van der Waals surface area contributed by atoms with Crippen LogP contribution in [0.1, 0.15) is 27.0 Å². The van der Waals surface area contributed by atoms with Crippen LogP contribution in [-0.2, 0) is 4.79 Å². The molecule has 5 nitrogen and oxygen atoms in total. The molecular formula is C24H21N3O2. The third kappa shape index (κ3) is 6.01. The number of carbonyl (C=O) groups excluding carboxylic acids is 2. The molecule has 5 heteroatoms. The van der Waals surface area contributed by atoms with E-state index in [0.717, 1.165) is 16.7 Å². The molecule has 0 saturated carbocycles. The van der Waals surface area contributed by atoms with E-state index in [1.807, 2.05) is 67.6 Å². The quantitative estimate of drug-likeness (QED) is 0.385. The average Bonchev–Trinajstić information content (AvgIpc) is 2.76. The first-order valence-corrected chi connectivity index (χ1v) is 9.15. The lowest BCUT2D eigenvalue weighted by atomic mass is 10.1. The molecule has 3 rings (SSSR count). The SMILES string of the molecule is Cc1ccc(C=NNC(=O)C(=Cc2ccccc2)NC(=O)c2ccccc2)cc1. The molecule has 0 aliphatic rings. The van der Waals surface area contributed by atoms with Crippen LogP contribution in [0, 0.1) is 6.92 Å². The molecule has 0 aliphatic carbocycles. The monoisotopic (exact) mass is 383 g/mol. The Bertz CT molecular complexity index is 1020. The van der Waals surface area contributed by atoms with Crippen LogP contribution in [0.5, 0.6) is 0 Å². The van der Waals surface area contributed by atoms with E-state index in [-0.39, 0.29) is 11.6 Å². The van der Waals surface area contributed by atoms with E-state index in [4.69, 9.17) is 0 Å². The summed E-state index contributed by atoms with van der Waals surface area (Å²) in [5, 5.41) is 6.67. The first-order valence-electron chi connectivity index (χ1n) is 9.15. The van der Waals surface area contributed by atoms with Gasteiger partial charge in [-0.3, -0.25) is 9.59 Å². The van der Waals surface area contributed by atoms with Gasteiger partial charge in [0.1, 0.15) is 5.70 Å². The molecule has 0 unspecified atom stereocenters. The summed E-state index contributed by atoms with van der Waals surface area (Å²) < 4.78 is 0. The van der Waals surface area contributed by atoms with E-state index in [0.29, 0.717) is 5.56 Å². The summed E-state index contributed by atoms with van der Waals surface area (Å²) in [4.78, 5) is 25.2. The van der Waals surface area contributed by atoms with Crippen LogP contribution in [0.15, 0.2) is 95.7 Å². The summed E-state index contributed by atoms with van der Waals surface area (Å²) in [7, 11) is 0. The molecule has 0 aromatic heterocycles. The van der Waals surface area contributed by atoms with Gasteiger partial charge >= 0.3 is 0 Å². The fraction of sp³-hybridized carbons (Fsp3) is 0.0417. The zero-order valence-electron chi connectivity index (χ0n) is 16.0. The number of rotatable bonds is 6. The van der Waals surface area contributed by atoms with Gasteiger partial charge < -0.3 is 5.32 Å². The fourth-order valence-corrected chi connectivity index (χ4v) is 2.54. The van der Waals surface area contributed by atoms with Crippen LogP contribution >= 0.6 is 0 Å². The Balaban J connectivity index is 1.76. The lowest BCUT2D eigenvalue weighted by Crippen LogP contribution is -2.32. The van der Waals surface area contributed by atoms with Crippen LogP contribution in [0.4, 0.5) is 0 Å². The van der Waals surface area contributed by atoms with Gasteiger partial charge in [-0.1, -0.05) is 78.4 Å². The third-order valence-electron chi connectivity index (χ3n) is 4.10. The summed E-state index contributed by atoms with van der Waals surface area (Å²) in [5.41, 5.74) is 5.82. The minimum atomic E-state index is -0.513. The van der Waals surface area contributed by atoms with Gasteiger partial charge in [0, 0.05) is 5.56 Å². The van der Waals surface area contributed by atoms with Crippen molar-refractivity contribution in [1.29, 1.82) is 0 Å². The van der Waals surface area contributed by atoms with E-state index < -0.39 is 5.91 Å². The number of aryl methyl sites for hydroxylation is 1. The van der Waals surface area contributed by atoms with Gasteiger partial charge in [0.05, 0.1) is 6.21 Å². The van der Waals surface area contributed by atoms with Crippen molar-refractivity contribution < 1.29 is 9.59 Å². The molecule has 0 radical (unpaired) electrons. The minimum Gasteiger partial charge on any atom is -0.317 e. The van der Waals surface area contributed by atoms with E-state index in [1.54, 1.807) is 36.6 Å². The smallest absolute Gasteiger partial charge is 0.287 e. The summed E-state index contributed by atoms with van der Waals surface area (Å²) in [5.74, 6) is -0.882. The molecule has 0 spiro atoms. The molecule has 2 amide bonds. The van der Waals surface area contributed by atoms with Crippen molar-refractivity contribution in [3.8, 4) is 0 Å². The number of hydrazone groups is 1. The molecule has 144 valence electrons. The third-order valence-corrected chi connectivity index (χ3v) is 4.10. The number of amides is 2. The van der Waals surface area contributed by atoms with Gasteiger partial charge in [-0.25, -0.2) is 5.43 Å². The van der Waals surface area contributed by atoms with Crippen LogP contribution in [-0.4, -0.2) is 18.0 Å². The summed E-state index contributed by atoms with van der Waals surface area (Å²) in [6.07, 6.45) is 3.16. The second kappa shape index (κ2) is 9.80. The van der Waals surface area contributed by atoms with Crippen LogP contribution in [0.3, 0.4) is 0 Å². The molecule has 0 atom stereocenters.